The van der Waals surface area contributed by atoms with Gasteiger partial charge in [0.2, 0.25) is 11.8 Å². The molecule has 0 aliphatic heterocycles. The van der Waals surface area contributed by atoms with Crippen LogP contribution in [0.3, 0.4) is 0 Å². The molecule has 2 rings (SSSR count). The molecular formula is C24H35N3O2. The first-order valence-corrected chi connectivity index (χ1v) is 10.4. The number of hydrogen-bond donors (Lipinski definition) is 0. The Morgan fingerprint density at radius 3 is 2.21 bits per heavy atom. The molecule has 0 bridgehead atoms. The molecule has 29 heavy (non-hydrogen) atoms. The lowest BCUT2D eigenvalue weighted by atomic mass is 9.93. The highest BCUT2D eigenvalue weighted by molar-refractivity contribution is 5.87. The van der Waals surface area contributed by atoms with Crippen molar-refractivity contribution in [2.24, 2.45) is 12.5 Å². The van der Waals surface area contributed by atoms with Crippen molar-refractivity contribution in [3.63, 3.8) is 0 Å². The van der Waals surface area contributed by atoms with Gasteiger partial charge in [0.05, 0.1) is 6.54 Å². The quantitative estimate of drug-likeness (QED) is 0.669. The summed E-state index contributed by atoms with van der Waals surface area (Å²) >= 11 is 0. The van der Waals surface area contributed by atoms with Crippen molar-refractivity contribution in [3.05, 3.63) is 59.9 Å². The fourth-order valence-corrected chi connectivity index (χ4v) is 3.22. The van der Waals surface area contributed by atoms with Gasteiger partial charge < -0.3 is 14.4 Å². The zero-order valence-electron chi connectivity index (χ0n) is 18.7. The SMILES string of the molecule is CC[C@H](C)N(CC(=O)N(Cc1ccccc1)Cc1cccn1C)C(=O)C(C)(C)C. The van der Waals surface area contributed by atoms with Crippen LogP contribution < -0.4 is 0 Å². The molecule has 0 saturated heterocycles. The summed E-state index contributed by atoms with van der Waals surface area (Å²) in [7, 11) is 1.98. The van der Waals surface area contributed by atoms with Crippen LogP contribution in [-0.2, 0) is 29.7 Å². The van der Waals surface area contributed by atoms with Gasteiger partial charge in [0.25, 0.3) is 0 Å². The second-order valence-electron chi connectivity index (χ2n) is 8.79. The molecule has 5 nitrogen and oxygen atoms in total. The average molecular weight is 398 g/mol. The summed E-state index contributed by atoms with van der Waals surface area (Å²) in [6.45, 7) is 10.9. The molecule has 0 aliphatic carbocycles. The molecule has 2 amide bonds. The van der Waals surface area contributed by atoms with Crippen LogP contribution in [0.4, 0.5) is 0 Å². The minimum Gasteiger partial charge on any atom is -0.353 e. The Balaban J connectivity index is 2.26. The fraction of sp³-hybridized carbons (Fsp3) is 0.500. The van der Waals surface area contributed by atoms with Gasteiger partial charge in [0, 0.05) is 36.9 Å². The normalized spacial score (nSPS) is 12.5. The summed E-state index contributed by atoms with van der Waals surface area (Å²) in [5.41, 5.74) is 1.62. The van der Waals surface area contributed by atoms with Gasteiger partial charge in [-0.1, -0.05) is 58.0 Å². The van der Waals surface area contributed by atoms with Gasteiger partial charge in [0.1, 0.15) is 6.54 Å². The number of rotatable bonds is 8. The third kappa shape index (κ3) is 6.21. The Hall–Kier alpha value is -2.56. The molecule has 0 unspecified atom stereocenters. The van der Waals surface area contributed by atoms with Crippen LogP contribution in [0.15, 0.2) is 48.7 Å². The van der Waals surface area contributed by atoms with Crippen molar-refractivity contribution in [1.29, 1.82) is 0 Å². The summed E-state index contributed by atoms with van der Waals surface area (Å²) in [4.78, 5) is 30.0. The summed E-state index contributed by atoms with van der Waals surface area (Å²) in [6, 6.07) is 14.0. The van der Waals surface area contributed by atoms with Crippen molar-refractivity contribution >= 4 is 11.8 Å². The molecule has 2 aromatic rings. The van der Waals surface area contributed by atoms with E-state index in [1.165, 1.54) is 0 Å². The molecule has 1 aromatic carbocycles. The van der Waals surface area contributed by atoms with Gasteiger partial charge in [-0.25, -0.2) is 0 Å². The maximum atomic E-state index is 13.4. The molecule has 1 atom stereocenters. The van der Waals surface area contributed by atoms with Crippen molar-refractivity contribution in [3.8, 4) is 0 Å². The maximum Gasteiger partial charge on any atom is 0.242 e. The molecule has 1 aromatic heterocycles. The largest absolute Gasteiger partial charge is 0.353 e. The van der Waals surface area contributed by atoms with E-state index < -0.39 is 5.41 Å². The number of amides is 2. The van der Waals surface area contributed by atoms with Crippen molar-refractivity contribution in [1.82, 2.24) is 14.4 Å². The minimum atomic E-state index is -0.522. The second kappa shape index (κ2) is 9.77. The van der Waals surface area contributed by atoms with E-state index in [2.05, 4.69) is 0 Å². The van der Waals surface area contributed by atoms with E-state index in [1.807, 2.05) is 99.8 Å². The number of aryl methyl sites for hydroxylation is 1. The molecule has 158 valence electrons. The van der Waals surface area contributed by atoms with E-state index in [9.17, 15) is 9.59 Å². The highest BCUT2D eigenvalue weighted by Gasteiger charge is 2.32. The van der Waals surface area contributed by atoms with Gasteiger partial charge >= 0.3 is 0 Å². The predicted molar refractivity (Wildman–Crippen MR) is 117 cm³/mol. The topological polar surface area (TPSA) is 45.6 Å². The summed E-state index contributed by atoms with van der Waals surface area (Å²) in [6.07, 6.45) is 2.79. The van der Waals surface area contributed by atoms with Crippen LogP contribution >= 0.6 is 0 Å². The molecular weight excluding hydrogens is 362 g/mol. The number of hydrogen-bond acceptors (Lipinski definition) is 2. The Morgan fingerprint density at radius 2 is 1.69 bits per heavy atom. The molecule has 0 spiro atoms. The highest BCUT2D eigenvalue weighted by atomic mass is 16.2. The van der Waals surface area contributed by atoms with E-state index in [-0.39, 0.29) is 24.4 Å². The first-order chi connectivity index (χ1) is 13.6. The lowest BCUT2D eigenvalue weighted by Gasteiger charge is -2.35. The van der Waals surface area contributed by atoms with Crippen LogP contribution in [0.25, 0.3) is 0 Å². The Morgan fingerprint density at radius 1 is 1.03 bits per heavy atom. The molecule has 0 N–H and O–H groups in total. The van der Waals surface area contributed by atoms with Crippen molar-refractivity contribution in [2.75, 3.05) is 6.54 Å². The third-order valence-corrected chi connectivity index (χ3v) is 5.30. The summed E-state index contributed by atoms with van der Waals surface area (Å²) in [5, 5.41) is 0. The number of aromatic nitrogens is 1. The highest BCUT2D eigenvalue weighted by Crippen LogP contribution is 2.21. The average Bonchev–Trinajstić information content (AvgIpc) is 3.09. The summed E-state index contributed by atoms with van der Waals surface area (Å²) < 4.78 is 2.03. The smallest absolute Gasteiger partial charge is 0.242 e. The van der Waals surface area contributed by atoms with Crippen molar-refractivity contribution in [2.45, 2.75) is 60.2 Å². The van der Waals surface area contributed by atoms with Crippen LogP contribution in [-0.4, -0.2) is 38.8 Å². The number of carbonyl (C=O) groups is 2. The second-order valence-corrected chi connectivity index (χ2v) is 8.79. The Bertz CT molecular complexity index is 805. The fourth-order valence-electron chi connectivity index (χ4n) is 3.22. The van der Waals surface area contributed by atoms with Gasteiger partial charge in [-0.05, 0) is 31.0 Å². The molecule has 0 saturated carbocycles. The van der Waals surface area contributed by atoms with Crippen LogP contribution in [0, 0.1) is 5.41 Å². The zero-order valence-corrected chi connectivity index (χ0v) is 18.7. The maximum absolute atomic E-state index is 13.4. The number of carbonyl (C=O) groups excluding carboxylic acids is 2. The Labute approximate surface area is 175 Å². The first-order valence-electron chi connectivity index (χ1n) is 10.4. The van der Waals surface area contributed by atoms with Crippen molar-refractivity contribution < 1.29 is 9.59 Å². The predicted octanol–water partition coefficient (Wildman–Crippen LogP) is 4.23. The van der Waals surface area contributed by atoms with Crippen LogP contribution in [0.5, 0.6) is 0 Å². The molecule has 0 radical (unpaired) electrons. The summed E-state index contributed by atoms with van der Waals surface area (Å²) in [5.74, 6) is -0.0216. The van der Waals surface area contributed by atoms with E-state index in [0.717, 1.165) is 17.7 Å². The van der Waals surface area contributed by atoms with Gasteiger partial charge in [0.15, 0.2) is 0 Å². The number of benzene rings is 1. The van der Waals surface area contributed by atoms with Crippen LogP contribution in [0.2, 0.25) is 0 Å². The number of nitrogens with zero attached hydrogens (tertiary/aromatic N) is 3. The standard InChI is InChI=1S/C24H35N3O2/c1-7-19(2)27(23(29)24(3,4)5)18-22(28)26(16-20-12-9-8-10-13-20)17-21-14-11-15-25(21)6/h8-15,19H,7,16-18H2,1-6H3/t19-/m0/s1. The third-order valence-electron chi connectivity index (χ3n) is 5.30. The molecule has 5 heteroatoms. The molecule has 0 aliphatic rings. The van der Waals surface area contributed by atoms with Crippen LogP contribution in [0.1, 0.15) is 52.3 Å². The van der Waals surface area contributed by atoms with E-state index >= 15 is 0 Å². The van der Waals surface area contributed by atoms with Gasteiger partial charge in [-0.3, -0.25) is 9.59 Å². The van der Waals surface area contributed by atoms with E-state index in [0.29, 0.717) is 13.1 Å². The van der Waals surface area contributed by atoms with Gasteiger partial charge in [-0.2, -0.15) is 0 Å². The monoisotopic (exact) mass is 397 g/mol. The lowest BCUT2D eigenvalue weighted by molar-refractivity contribution is -0.148. The zero-order chi connectivity index (χ0) is 21.6. The van der Waals surface area contributed by atoms with E-state index in [1.54, 1.807) is 4.90 Å². The van der Waals surface area contributed by atoms with E-state index in [4.69, 9.17) is 0 Å². The molecule has 1 heterocycles. The molecule has 0 fully saturated rings. The first kappa shape index (κ1) is 22.7. The minimum absolute atomic E-state index is 0.0127. The lowest BCUT2D eigenvalue weighted by Crippen LogP contribution is -2.49. The van der Waals surface area contributed by atoms with Gasteiger partial charge in [-0.15, -0.1) is 0 Å². The Kier molecular flexibility index (Phi) is 7.66.